The number of aryl methyl sites for hydroxylation is 2. The average molecular weight is 265 g/mol. The Kier molecular flexibility index (Phi) is 5.83. The van der Waals surface area contributed by atoms with Crippen LogP contribution in [0, 0.1) is 13.8 Å². The lowest BCUT2D eigenvalue weighted by Crippen LogP contribution is -2.28. The van der Waals surface area contributed by atoms with E-state index in [0.29, 0.717) is 6.42 Å². The highest BCUT2D eigenvalue weighted by Gasteiger charge is 2.14. The van der Waals surface area contributed by atoms with Gasteiger partial charge in [-0.1, -0.05) is 6.92 Å². The molecule has 0 heterocycles. The van der Waals surface area contributed by atoms with Crippen LogP contribution in [0.5, 0.6) is 5.75 Å². The second kappa shape index (κ2) is 7.14. The summed E-state index contributed by atoms with van der Waals surface area (Å²) in [6.07, 6.45) is 0.612. The highest BCUT2D eigenvalue weighted by molar-refractivity contribution is 5.75. The number of rotatable bonds is 6. The Morgan fingerprint density at radius 1 is 1.37 bits per heavy atom. The number of ether oxygens (including phenoxy) is 1. The number of hydrogen-bond donors (Lipinski definition) is 2. The van der Waals surface area contributed by atoms with Crippen molar-refractivity contribution in [3.63, 3.8) is 0 Å². The van der Waals surface area contributed by atoms with Crippen LogP contribution in [0.3, 0.4) is 0 Å². The molecule has 0 fully saturated rings. The monoisotopic (exact) mass is 265 g/mol. The first-order chi connectivity index (χ1) is 8.99. The summed E-state index contributed by atoms with van der Waals surface area (Å²) in [4.78, 5) is 11.4. The van der Waals surface area contributed by atoms with Gasteiger partial charge in [-0.15, -0.1) is 0 Å². The third kappa shape index (κ3) is 4.24. The molecule has 0 saturated carbocycles. The van der Waals surface area contributed by atoms with E-state index in [1.54, 1.807) is 7.11 Å². The van der Waals surface area contributed by atoms with Crippen molar-refractivity contribution < 1.29 is 14.6 Å². The predicted octanol–water partition coefficient (Wildman–Crippen LogP) is 2.26. The molecule has 1 atom stereocenters. The first kappa shape index (κ1) is 15.5. The Morgan fingerprint density at radius 2 is 2.05 bits per heavy atom. The van der Waals surface area contributed by atoms with Crippen molar-refractivity contribution in [1.82, 2.24) is 5.32 Å². The van der Waals surface area contributed by atoms with Crippen molar-refractivity contribution >= 4 is 5.91 Å². The number of aliphatic hydroxyl groups excluding tert-OH is 1. The summed E-state index contributed by atoms with van der Waals surface area (Å²) in [5.74, 6) is 0.785. The van der Waals surface area contributed by atoms with E-state index in [0.717, 1.165) is 28.9 Å². The highest BCUT2D eigenvalue weighted by Crippen LogP contribution is 2.26. The van der Waals surface area contributed by atoms with Gasteiger partial charge in [-0.05, 0) is 49.1 Å². The van der Waals surface area contributed by atoms with Gasteiger partial charge in [-0.3, -0.25) is 4.79 Å². The first-order valence-corrected chi connectivity index (χ1v) is 6.59. The van der Waals surface area contributed by atoms with Crippen molar-refractivity contribution in [2.45, 2.75) is 39.7 Å². The molecule has 0 bridgehead atoms. The lowest BCUT2D eigenvalue weighted by Gasteiger charge is -2.17. The maximum atomic E-state index is 11.4. The number of nitrogens with one attached hydrogen (secondary N) is 1. The zero-order valence-corrected chi connectivity index (χ0v) is 12.1. The van der Waals surface area contributed by atoms with Crippen LogP contribution >= 0.6 is 0 Å². The first-order valence-electron chi connectivity index (χ1n) is 6.59. The Balaban J connectivity index is 2.74. The third-order valence-corrected chi connectivity index (χ3v) is 3.11. The Morgan fingerprint density at radius 3 is 2.63 bits per heavy atom. The Bertz CT molecular complexity index is 443. The van der Waals surface area contributed by atoms with Crippen LogP contribution < -0.4 is 10.1 Å². The number of carbonyl (C=O) groups is 1. The van der Waals surface area contributed by atoms with Crippen molar-refractivity contribution in [3.8, 4) is 5.75 Å². The molecule has 0 aliphatic rings. The van der Waals surface area contributed by atoms with E-state index in [4.69, 9.17) is 4.74 Å². The molecule has 1 aromatic rings. The van der Waals surface area contributed by atoms with Gasteiger partial charge in [-0.25, -0.2) is 0 Å². The SMILES string of the molecule is CCCC(=O)NCC(O)c1cc(C)c(OC)cc1C. The number of hydrogen-bond acceptors (Lipinski definition) is 3. The van der Waals surface area contributed by atoms with Gasteiger partial charge in [0, 0.05) is 13.0 Å². The molecule has 1 aromatic carbocycles. The van der Waals surface area contributed by atoms with Crippen LogP contribution in [0.15, 0.2) is 12.1 Å². The summed E-state index contributed by atoms with van der Waals surface area (Å²) in [5, 5.41) is 12.9. The van der Waals surface area contributed by atoms with E-state index in [-0.39, 0.29) is 12.5 Å². The largest absolute Gasteiger partial charge is 0.496 e. The quantitative estimate of drug-likeness (QED) is 0.829. The second-order valence-electron chi connectivity index (χ2n) is 4.75. The molecular formula is C15H23NO3. The second-order valence-corrected chi connectivity index (χ2v) is 4.75. The van der Waals surface area contributed by atoms with Gasteiger partial charge in [0.05, 0.1) is 13.2 Å². The van der Waals surface area contributed by atoms with E-state index >= 15 is 0 Å². The zero-order chi connectivity index (χ0) is 14.4. The van der Waals surface area contributed by atoms with E-state index in [9.17, 15) is 9.90 Å². The molecule has 4 nitrogen and oxygen atoms in total. The van der Waals surface area contributed by atoms with Gasteiger partial charge >= 0.3 is 0 Å². The number of amides is 1. The standard InChI is InChI=1S/C15H23NO3/c1-5-6-15(18)16-9-13(17)12-7-11(3)14(19-4)8-10(12)2/h7-8,13,17H,5-6,9H2,1-4H3,(H,16,18). The Labute approximate surface area is 114 Å². The normalized spacial score (nSPS) is 12.1. The molecule has 0 aromatic heterocycles. The molecule has 0 radical (unpaired) electrons. The minimum Gasteiger partial charge on any atom is -0.496 e. The molecule has 1 amide bonds. The van der Waals surface area contributed by atoms with Crippen molar-refractivity contribution in [1.29, 1.82) is 0 Å². The molecule has 1 unspecified atom stereocenters. The number of benzene rings is 1. The lowest BCUT2D eigenvalue weighted by atomic mass is 10.00. The highest BCUT2D eigenvalue weighted by atomic mass is 16.5. The minimum absolute atomic E-state index is 0.0237. The molecule has 0 spiro atoms. The molecule has 0 saturated heterocycles. The number of carbonyl (C=O) groups excluding carboxylic acids is 1. The summed E-state index contributed by atoms with van der Waals surface area (Å²) < 4.78 is 5.24. The summed E-state index contributed by atoms with van der Waals surface area (Å²) in [6, 6.07) is 3.81. The van der Waals surface area contributed by atoms with E-state index in [1.807, 2.05) is 32.9 Å². The van der Waals surface area contributed by atoms with Gasteiger partial charge in [0.25, 0.3) is 0 Å². The van der Waals surface area contributed by atoms with Crippen LogP contribution in [0.25, 0.3) is 0 Å². The molecule has 0 aliphatic heterocycles. The van der Waals surface area contributed by atoms with Crippen LogP contribution in [-0.4, -0.2) is 24.7 Å². The summed E-state index contributed by atoms with van der Waals surface area (Å²) in [7, 11) is 1.63. The maximum Gasteiger partial charge on any atom is 0.220 e. The molecule has 19 heavy (non-hydrogen) atoms. The third-order valence-electron chi connectivity index (χ3n) is 3.11. The summed E-state index contributed by atoms with van der Waals surface area (Å²) >= 11 is 0. The van der Waals surface area contributed by atoms with Crippen LogP contribution in [0.4, 0.5) is 0 Å². The van der Waals surface area contributed by atoms with Gasteiger partial charge in [0.1, 0.15) is 5.75 Å². The fourth-order valence-corrected chi connectivity index (χ4v) is 2.03. The van der Waals surface area contributed by atoms with E-state index < -0.39 is 6.10 Å². The van der Waals surface area contributed by atoms with Gasteiger partial charge in [-0.2, -0.15) is 0 Å². The smallest absolute Gasteiger partial charge is 0.220 e. The molecule has 4 heteroatoms. The van der Waals surface area contributed by atoms with Crippen molar-refractivity contribution in [2.75, 3.05) is 13.7 Å². The van der Waals surface area contributed by atoms with E-state index in [2.05, 4.69) is 5.32 Å². The summed E-state index contributed by atoms with van der Waals surface area (Å²) in [6.45, 7) is 6.05. The average Bonchev–Trinajstić information content (AvgIpc) is 2.38. The van der Waals surface area contributed by atoms with Gasteiger partial charge in [0.15, 0.2) is 0 Å². The van der Waals surface area contributed by atoms with Crippen molar-refractivity contribution in [2.24, 2.45) is 0 Å². The maximum absolute atomic E-state index is 11.4. The molecule has 1 rings (SSSR count). The minimum atomic E-state index is -0.689. The number of methoxy groups -OCH3 is 1. The van der Waals surface area contributed by atoms with E-state index in [1.165, 1.54) is 0 Å². The molecule has 2 N–H and O–H groups in total. The zero-order valence-electron chi connectivity index (χ0n) is 12.1. The van der Waals surface area contributed by atoms with Crippen LogP contribution in [0.2, 0.25) is 0 Å². The predicted molar refractivity (Wildman–Crippen MR) is 75.3 cm³/mol. The van der Waals surface area contributed by atoms with Crippen LogP contribution in [-0.2, 0) is 4.79 Å². The number of aliphatic hydroxyl groups is 1. The molecule has 0 aliphatic carbocycles. The fourth-order valence-electron chi connectivity index (χ4n) is 2.03. The topological polar surface area (TPSA) is 58.6 Å². The Hall–Kier alpha value is -1.55. The van der Waals surface area contributed by atoms with Gasteiger partial charge in [0.2, 0.25) is 5.91 Å². The lowest BCUT2D eigenvalue weighted by molar-refractivity contribution is -0.121. The van der Waals surface area contributed by atoms with Crippen LogP contribution in [0.1, 0.15) is 42.6 Å². The van der Waals surface area contributed by atoms with Gasteiger partial charge < -0.3 is 15.2 Å². The van der Waals surface area contributed by atoms with Crippen molar-refractivity contribution in [3.05, 3.63) is 28.8 Å². The summed E-state index contributed by atoms with van der Waals surface area (Å²) in [5.41, 5.74) is 2.76. The molecule has 106 valence electrons. The fraction of sp³-hybridized carbons (Fsp3) is 0.533. The molecular weight excluding hydrogens is 242 g/mol.